The van der Waals surface area contributed by atoms with E-state index in [1.807, 2.05) is 31.2 Å². The summed E-state index contributed by atoms with van der Waals surface area (Å²) in [5, 5.41) is 4.57. The third-order valence-electron chi connectivity index (χ3n) is 4.51. The average Bonchev–Trinajstić information content (AvgIpc) is 2.72. The summed E-state index contributed by atoms with van der Waals surface area (Å²) in [5.74, 6) is 0.472. The molecular formula is C22H25Cl3N2O2S. The molecule has 0 saturated heterocycles. The van der Waals surface area contributed by atoms with Crippen LogP contribution in [0.5, 0.6) is 0 Å². The fourth-order valence-corrected chi connectivity index (χ4v) is 4.42. The number of hydrogen-bond donors (Lipinski definition) is 1. The molecule has 2 rings (SSSR count). The molecular weight excluding hydrogens is 463 g/mol. The summed E-state index contributed by atoms with van der Waals surface area (Å²) in [6.45, 7) is 4.55. The maximum absolute atomic E-state index is 13.0. The van der Waals surface area contributed by atoms with Gasteiger partial charge in [0.1, 0.15) is 6.04 Å². The first kappa shape index (κ1) is 24.9. The van der Waals surface area contributed by atoms with E-state index in [1.54, 1.807) is 30.0 Å². The minimum absolute atomic E-state index is 0.135. The van der Waals surface area contributed by atoms with E-state index in [0.29, 0.717) is 27.4 Å². The maximum atomic E-state index is 13.0. The first-order chi connectivity index (χ1) is 14.3. The second kappa shape index (κ2) is 12.5. The number of nitrogens with zero attached hydrogens (tertiary/aromatic N) is 1. The lowest BCUT2D eigenvalue weighted by Crippen LogP contribution is -2.48. The standard InChI is InChI=1S/C22H25Cl3N2O2S/c1-3-10-26-22(29)15(2)27(12-16-6-4-5-7-19(16)24)21(28)14-30-13-17-8-9-18(23)11-20(17)25/h4-9,11,15H,3,10,12-14H2,1-2H3,(H,26,29)/t15-/m1/s1. The number of hydrogen-bond acceptors (Lipinski definition) is 3. The van der Waals surface area contributed by atoms with Crippen LogP contribution in [0.1, 0.15) is 31.4 Å². The summed E-state index contributed by atoms with van der Waals surface area (Å²) >= 11 is 19.9. The van der Waals surface area contributed by atoms with E-state index in [2.05, 4.69) is 5.32 Å². The Kier molecular flexibility index (Phi) is 10.3. The molecule has 0 saturated carbocycles. The lowest BCUT2D eigenvalue weighted by atomic mass is 10.1. The van der Waals surface area contributed by atoms with Crippen molar-refractivity contribution in [2.24, 2.45) is 0 Å². The summed E-state index contributed by atoms with van der Waals surface area (Å²) in [4.78, 5) is 27.1. The second-order valence-corrected chi connectivity index (χ2v) is 9.05. The summed E-state index contributed by atoms with van der Waals surface area (Å²) < 4.78 is 0. The van der Waals surface area contributed by atoms with Gasteiger partial charge in [-0.1, -0.05) is 66.0 Å². The first-order valence-electron chi connectivity index (χ1n) is 9.65. The molecule has 2 aromatic carbocycles. The van der Waals surface area contributed by atoms with Crippen molar-refractivity contribution in [2.75, 3.05) is 12.3 Å². The minimum Gasteiger partial charge on any atom is -0.354 e. The van der Waals surface area contributed by atoms with Gasteiger partial charge in [-0.2, -0.15) is 0 Å². The number of nitrogens with one attached hydrogen (secondary N) is 1. The Hall–Kier alpha value is -1.40. The van der Waals surface area contributed by atoms with Crippen LogP contribution in [-0.4, -0.2) is 35.1 Å². The zero-order valence-corrected chi connectivity index (χ0v) is 20.0. The number of carbonyl (C=O) groups is 2. The van der Waals surface area contributed by atoms with Crippen molar-refractivity contribution in [1.29, 1.82) is 0 Å². The number of halogens is 3. The van der Waals surface area contributed by atoms with Crippen molar-refractivity contribution >= 4 is 58.4 Å². The molecule has 2 amide bonds. The van der Waals surface area contributed by atoms with Crippen molar-refractivity contribution in [3.8, 4) is 0 Å². The second-order valence-electron chi connectivity index (χ2n) is 6.81. The quantitative estimate of drug-likeness (QED) is 0.459. The topological polar surface area (TPSA) is 49.4 Å². The Labute approximate surface area is 197 Å². The van der Waals surface area contributed by atoms with E-state index >= 15 is 0 Å². The molecule has 0 aliphatic carbocycles. The molecule has 0 radical (unpaired) electrons. The Balaban J connectivity index is 2.08. The molecule has 0 heterocycles. The molecule has 0 aromatic heterocycles. The highest BCUT2D eigenvalue weighted by Crippen LogP contribution is 2.25. The molecule has 0 unspecified atom stereocenters. The monoisotopic (exact) mass is 486 g/mol. The number of rotatable bonds is 10. The molecule has 1 N–H and O–H groups in total. The van der Waals surface area contributed by atoms with Gasteiger partial charge in [-0.15, -0.1) is 11.8 Å². The highest BCUT2D eigenvalue weighted by molar-refractivity contribution is 7.99. The molecule has 1 atom stereocenters. The molecule has 0 spiro atoms. The van der Waals surface area contributed by atoms with Crippen molar-refractivity contribution < 1.29 is 9.59 Å². The molecule has 162 valence electrons. The Morgan fingerprint density at radius 3 is 2.47 bits per heavy atom. The van der Waals surface area contributed by atoms with Crippen LogP contribution >= 0.6 is 46.6 Å². The van der Waals surface area contributed by atoms with Crippen molar-refractivity contribution in [3.63, 3.8) is 0 Å². The third kappa shape index (κ3) is 7.38. The van der Waals surface area contributed by atoms with Crippen LogP contribution in [0.4, 0.5) is 0 Å². The highest BCUT2D eigenvalue weighted by atomic mass is 35.5. The molecule has 30 heavy (non-hydrogen) atoms. The molecule has 2 aromatic rings. The van der Waals surface area contributed by atoms with Gasteiger partial charge in [-0.05, 0) is 42.7 Å². The predicted octanol–water partition coefficient (Wildman–Crippen LogP) is 5.82. The van der Waals surface area contributed by atoms with Crippen LogP contribution in [0.3, 0.4) is 0 Å². The number of amides is 2. The van der Waals surface area contributed by atoms with Crippen LogP contribution < -0.4 is 5.32 Å². The molecule has 0 fully saturated rings. The zero-order valence-electron chi connectivity index (χ0n) is 17.0. The predicted molar refractivity (Wildman–Crippen MR) is 127 cm³/mol. The largest absolute Gasteiger partial charge is 0.354 e. The fourth-order valence-electron chi connectivity index (χ4n) is 2.76. The van der Waals surface area contributed by atoms with Crippen LogP contribution in [0, 0.1) is 0 Å². The Morgan fingerprint density at radius 2 is 1.80 bits per heavy atom. The highest BCUT2D eigenvalue weighted by Gasteiger charge is 2.26. The van der Waals surface area contributed by atoms with E-state index in [4.69, 9.17) is 34.8 Å². The van der Waals surface area contributed by atoms with Gasteiger partial charge in [-0.25, -0.2) is 0 Å². The van der Waals surface area contributed by atoms with Gasteiger partial charge in [0.05, 0.1) is 5.75 Å². The molecule has 8 heteroatoms. The summed E-state index contributed by atoms with van der Waals surface area (Å²) in [6, 6.07) is 12.0. The Morgan fingerprint density at radius 1 is 1.07 bits per heavy atom. The third-order valence-corrected chi connectivity index (χ3v) is 6.44. The van der Waals surface area contributed by atoms with E-state index in [1.165, 1.54) is 11.8 Å². The smallest absolute Gasteiger partial charge is 0.242 e. The fraction of sp³-hybridized carbons (Fsp3) is 0.364. The van der Waals surface area contributed by atoms with Crippen molar-refractivity contribution in [3.05, 3.63) is 68.7 Å². The van der Waals surface area contributed by atoms with Crippen molar-refractivity contribution in [1.82, 2.24) is 10.2 Å². The number of carbonyl (C=O) groups excluding carboxylic acids is 2. The normalized spacial score (nSPS) is 11.8. The van der Waals surface area contributed by atoms with E-state index in [-0.39, 0.29) is 24.1 Å². The van der Waals surface area contributed by atoms with Crippen LogP contribution in [0.15, 0.2) is 42.5 Å². The van der Waals surface area contributed by atoms with Gasteiger partial charge in [0, 0.05) is 33.9 Å². The lowest BCUT2D eigenvalue weighted by Gasteiger charge is -2.29. The van der Waals surface area contributed by atoms with Crippen LogP contribution in [-0.2, 0) is 21.9 Å². The average molecular weight is 488 g/mol. The number of thioether (sulfide) groups is 1. The van der Waals surface area contributed by atoms with E-state index in [0.717, 1.165) is 17.5 Å². The maximum Gasteiger partial charge on any atom is 0.242 e. The zero-order chi connectivity index (χ0) is 22.1. The van der Waals surface area contributed by atoms with Gasteiger partial charge in [-0.3, -0.25) is 9.59 Å². The van der Waals surface area contributed by atoms with Gasteiger partial charge in [0.15, 0.2) is 0 Å². The summed E-state index contributed by atoms with van der Waals surface area (Å²) in [5.41, 5.74) is 1.71. The molecule has 0 bridgehead atoms. The molecule has 0 aliphatic rings. The van der Waals surface area contributed by atoms with Gasteiger partial charge >= 0.3 is 0 Å². The summed E-state index contributed by atoms with van der Waals surface area (Å²) in [6.07, 6.45) is 0.828. The molecule has 0 aliphatic heterocycles. The van der Waals surface area contributed by atoms with Crippen molar-refractivity contribution in [2.45, 2.75) is 38.6 Å². The van der Waals surface area contributed by atoms with Gasteiger partial charge < -0.3 is 10.2 Å². The van der Waals surface area contributed by atoms with Gasteiger partial charge in [0.2, 0.25) is 11.8 Å². The van der Waals surface area contributed by atoms with E-state index in [9.17, 15) is 9.59 Å². The van der Waals surface area contributed by atoms with Gasteiger partial charge in [0.25, 0.3) is 0 Å². The SMILES string of the molecule is CCCNC(=O)[C@@H](C)N(Cc1ccccc1Cl)C(=O)CSCc1ccc(Cl)cc1Cl. The minimum atomic E-state index is -0.611. The van der Waals surface area contributed by atoms with E-state index < -0.39 is 6.04 Å². The molecule has 4 nitrogen and oxygen atoms in total. The first-order valence-corrected chi connectivity index (χ1v) is 11.9. The number of benzene rings is 2. The van der Waals surface area contributed by atoms with Crippen LogP contribution in [0.2, 0.25) is 15.1 Å². The van der Waals surface area contributed by atoms with Crippen LogP contribution in [0.25, 0.3) is 0 Å². The Bertz CT molecular complexity index is 879. The summed E-state index contributed by atoms with van der Waals surface area (Å²) in [7, 11) is 0. The lowest BCUT2D eigenvalue weighted by molar-refractivity contribution is -0.138.